The van der Waals surface area contributed by atoms with Crippen molar-refractivity contribution >= 4 is 51.7 Å². The van der Waals surface area contributed by atoms with Crippen LogP contribution in [0.15, 0.2) is 72.3 Å². The van der Waals surface area contributed by atoms with Crippen molar-refractivity contribution in [2.75, 3.05) is 31.0 Å². The van der Waals surface area contributed by atoms with Gasteiger partial charge in [-0.05, 0) is 42.0 Å². The van der Waals surface area contributed by atoms with Crippen LogP contribution >= 0.6 is 11.6 Å². The molecule has 8 nitrogen and oxygen atoms in total. The summed E-state index contributed by atoms with van der Waals surface area (Å²) in [6.07, 6.45) is 0. The third-order valence-electron chi connectivity index (χ3n) is 6.17. The Morgan fingerprint density at radius 2 is 1.83 bits per heavy atom. The molecule has 9 heteroatoms. The fourth-order valence-electron chi connectivity index (χ4n) is 4.33. The fourth-order valence-corrected chi connectivity index (χ4v) is 4.52. The lowest BCUT2D eigenvalue weighted by molar-refractivity contribution is -0.132. The molecular formula is C27H23ClN4O4. The molecule has 1 amide bonds. The highest BCUT2D eigenvalue weighted by Gasteiger charge is 2.48. The smallest absolute Gasteiger partial charge is 0.302 e. The van der Waals surface area contributed by atoms with Gasteiger partial charge < -0.3 is 19.7 Å². The molecule has 1 aromatic heterocycles. The number of Topliss-reactive ketones (excluding diaryl/α,β-unsaturated/α-hetero) is 1. The molecule has 182 valence electrons. The van der Waals surface area contributed by atoms with Crippen molar-refractivity contribution in [2.45, 2.75) is 6.04 Å². The van der Waals surface area contributed by atoms with Gasteiger partial charge in [-0.2, -0.15) is 0 Å². The minimum absolute atomic E-state index is 0.0436. The molecule has 0 spiro atoms. The predicted molar refractivity (Wildman–Crippen MR) is 140 cm³/mol. The number of aliphatic hydroxyl groups is 1. The molecule has 2 heterocycles. The molecule has 1 fully saturated rings. The van der Waals surface area contributed by atoms with E-state index in [4.69, 9.17) is 16.3 Å². The molecule has 3 aromatic carbocycles. The number of hydrogen-bond acceptors (Lipinski definition) is 6. The van der Waals surface area contributed by atoms with Gasteiger partial charge in [-0.15, -0.1) is 0 Å². The second-order valence-corrected chi connectivity index (χ2v) is 9.05. The summed E-state index contributed by atoms with van der Waals surface area (Å²) in [7, 11) is 5.40. The van der Waals surface area contributed by atoms with E-state index < -0.39 is 17.7 Å². The number of aliphatic hydroxyl groups excluding tert-OH is 1. The van der Waals surface area contributed by atoms with Crippen LogP contribution in [-0.4, -0.2) is 48.0 Å². The van der Waals surface area contributed by atoms with E-state index in [2.05, 4.69) is 9.97 Å². The van der Waals surface area contributed by atoms with Crippen molar-refractivity contribution < 1.29 is 19.4 Å². The summed E-state index contributed by atoms with van der Waals surface area (Å²) in [5.41, 5.74) is 3.12. The molecule has 5 rings (SSSR count). The van der Waals surface area contributed by atoms with Crippen molar-refractivity contribution in [2.24, 2.45) is 0 Å². The zero-order chi connectivity index (χ0) is 25.6. The monoisotopic (exact) mass is 502 g/mol. The summed E-state index contributed by atoms with van der Waals surface area (Å²) in [5.74, 6) is -1.11. The van der Waals surface area contributed by atoms with Crippen LogP contribution in [0.25, 0.3) is 16.8 Å². The highest BCUT2D eigenvalue weighted by molar-refractivity contribution is 6.51. The third-order valence-corrected chi connectivity index (χ3v) is 6.41. The van der Waals surface area contributed by atoms with Gasteiger partial charge in [0, 0.05) is 36.4 Å². The zero-order valence-electron chi connectivity index (χ0n) is 19.8. The molecule has 36 heavy (non-hydrogen) atoms. The number of rotatable bonds is 5. The van der Waals surface area contributed by atoms with E-state index in [9.17, 15) is 14.7 Å². The van der Waals surface area contributed by atoms with Gasteiger partial charge in [-0.3, -0.25) is 14.5 Å². The van der Waals surface area contributed by atoms with Crippen molar-refractivity contribution in [1.29, 1.82) is 0 Å². The number of aromatic nitrogens is 2. The Hall–Kier alpha value is -4.30. The largest absolute Gasteiger partial charge is 0.507 e. The number of methoxy groups -OCH3 is 1. The molecule has 0 radical (unpaired) electrons. The molecule has 1 aliphatic heterocycles. The van der Waals surface area contributed by atoms with Gasteiger partial charge in [0.1, 0.15) is 11.5 Å². The first kappa shape index (κ1) is 23.4. The summed E-state index contributed by atoms with van der Waals surface area (Å²) >= 11 is 6.13. The van der Waals surface area contributed by atoms with Crippen LogP contribution in [0.1, 0.15) is 17.2 Å². The van der Waals surface area contributed by atoms with Crippen LogP contribution < -0.4 is 14.5 Å². The van der Waals surface area contributed by atoms with Crippen LogP contribution in [0.3, 0.4) is 0 Å². The number of carbonyl (C=O) groups is 2. The maximum Gasteiger partial charge on any atom is 0.302 e. The number of ether oxygens (including phenoxy) is 1. The number of anilines is 2. The average molecular weight is 503 g/mol. The maximum atomic E-state index is 13.4. The Labute approximate surface area is 212 Å². The standard InChI is InChI=1S/C27H23ClN4O4/c1-31(2)18-9-7-15(8-10-18)23-22(24(33)16-5-4-6-17(28)13-16)25(34)26(35)32(23)27-29-20-12-11-19(36-3)14-21(20)30-27/h4-14,23,33H,1-3H3,(H,29,30)/b24-22+. The van der Waals surface area contributed by atoms with Gasteiger partial charge in [0.05, 0.1) is 29.8 Å². The van der Waals surface area contributed by atoms with Crippen molar-refractivity contribution in [1.82, 2.24) is 9.97 Å². The summed E-state index contributed by atoms with van der Waals surface area (Å²) < 4.78 is 5.29. The van der Waals surface area contributed by atoms with Crippen LogP contribution in [0.4, 0.5) is 11.6 Å². The lowest BCUT2D eigenvalue weighted by Gasteiger charge is -2.23. The molecule has 0 saturated carbocycles. The van der Waals surface area contributed by atoms with Gasteiger partial charge in [-0.25, -0.2) is 4.98 Å². The van der Waals surface area contributed by atoms with E-state index in [1.807, 2.05) is 43.3 Å². The molecular weight excluding hydrogens is 480 g/mol. The van der Waals surface area contributed by atoms with Gasteiger partial charge >= 0.3 is 5.91 Å². The molecule has 2 N–H and O–H groups in total. The van der Waals surface area contributed by atoms with E-state index in [0.29, 0.717) is 32.9 Å². The van der Waals surface area contributed by atoms with Gasteiger partial charge in [0.2, 0.25) is 5.95 Å². The number of benzene rings is 3. The molecule has 1 atom stereocenters. The van der Waals surface area contributed by atoms with E-state index in [0.717, 1.165) is 5.69 Å². The Morgan fingerprint density at radius 3 is 2.50 bits per heavy atom. The number of nitrogens with one attached hydrogen (secondary N) is 1. The topological polar surface area (TPSA) is 98.8 Å². The van der Waals surface area contributed by atoms with Crippen LogP contribution in [0, 0.1) is 0 Å². The first-order chi connectivity index (χ1) is 17.3. The first-order valence-corrected chi connectivity index (χ1v) is 11.5. The Bertz CT molecular complexity index is 1520. The van der Waals surface area contributed by atoms with E-state index in [1.54, 1.807) is 49.6 Å². The summed E-state index contributed by atoms with van der Waals surface area (Å²) in [6.45, 7) is 0. The maximum absolute atomic E-state index is 13.4. The highest BCUT2D eigenvalue weighted by atomic mass is 35.5. The third kappa shape index (κ3) is 3.95. The number of H-pyrrole nitrogens is 1. The number of halogens is 1. The average Bonchev–Trinajstić information content (AvgIpc) is 3.41. The molecule has 4 aromatic rings. The molecule has 1 aliphatic rings. The second-order valence-electron chi connectivity index (χ2n) is 8.61. The molecule has 0 aliphatic carbocycles. The first-order valence-electron chi connectivity index (χ1n) is 11.2. The number of nitrogens with zero attached hydrogens (tertiary/aromatic N) is 3. The van der Waals surface area contributed by atoms with Gasteiger partial charge in [0.25, 0.3) is 5.78 Å². The van der Waals surface area contributed by atoms with Crippen LogP contribution in [-0.2, 0) is 9.59 Å². The highest BCUT2D eigenvalue weighted by Crippen LogP contribution is 2.42. The van der Waals surface area contributed by atoms with E-state index >= 15 is 0 Å². The van der Waals surface area contributed by atoms with Crippen molar-refractivity contribution in [3.05, 3.63) is 88.5 Å². The fraction of sp³-hybridized carbons (Fsp3) is 0.148. The SMILES string of the molecule is COc1ccc2nc(N3C(=O)C(=O)/C(=C(/O)c4cccc(Cl)c4)C3c3ccc(N(C)C)cc3)[nH]c2c1. The zero-order valence-corrected chi connectivity index (χ0v) is 20.6. The lowest BCUT2D eigenvalue weighted by Crippen LogP contribution is -2.30. The number of amides is 1. The predicted octanol–water partition coefficient (Wildman–Crippen LogP) is 4.92. The minimum atomic E-state index is -0.914. The summed E-state index contributed by atoms with van der Waals surface area (Å²) in [6, 6.07) is 18.3. The van der Waals surface area contributed by atoms with E-state index in [-0.39, 0.29) is 17.3 Å². The molecule has 1 unspecified atom stereocenters. The number of carbonyl (C=O) groups excluding carboxylic acids is 2. The van der Waals surface area contributed by atoms with E-state index in [1.165, 1.54) is 4.90 Å². The summed E-state index contributed by atoms with van der Waals surface area (Å²) in [4.78, 5) is 37.7. The quantitative estimate of drug-likeness (QED) is 0.228. The number of hydrogen-bond donors (Lipinski definition) is 2. The number of imidazole rings is 1. The van der Waals surface area contributed by atoms with Crippen LogP contribution in [0.2, 0.25) is 5.02 Å². The van der Waals surface area contributed by atoms with Crippen LogP contribution in [0.5, 0.6) is 5.75 Å². The van der Waals surface area contributed by atoms with Gasteiger partial charge in [0.15, 0.2) is 0 Å². The van der Waals surface area contributed by atoms with Gasteiger partial charge in [-0.1, -0.05) is 35.9 Å². The normalized spacial score (nSPS) is 17.1. The molecule has 0 bridgehead atoms. The second kappa shape index (κ2) is 9.05. The lowest BCUT2D eigenvalue weighted by atomic mass is 9.95. The number of ketones is 1. The van der Waals surface area contributed by atoms with Crippen molar-refractivity contribution in [3.63, 3.8) is 0 Å². The Morgan fingerprint density at radius 1 is 1.08 bits per heavy atom. The van der Waals surface area contributed by atoms with Crippen molar-refractivity contribution in [3.8, 4) is 5.75 Å². The number of aromatic amines is 1. The number of fused-ring (bicyclic) bond motifs is 1. The molecule has 1 saturated heterocycles. The Kier molecular flexibility index (Phi) is 5.89. The Balaban J connectivity index is 1.71. The summed E-state index contributed by atoms with van der Waals surface area (Å²) in [5, 5.41) is 11.6. The minimum Gasteiger partial charge on any atom is -0.507 e.